The van der Waals surface area contributed by atoms with Crippen LogP contribution in [0, 0.1) is 0 Å². The lowest BCUT2D eigenvalue weighted by molar-refractivity contribution is 0.214. The third-order valence-electron chi connectivity index (χ3n) is 3.74. The Hall–Kier alpha value is -3.47. The fourth-order valence-corrected chi connectivity index (χ4v) is 2.51. The lowest BCUT2D eigenvalue weighted by Gasteiger charge is -2.11. The maximum atomic E-state index is 12.0. The van der Waals surface area contributed by atoms with Gasteiger partial charge < -0.3 is 14.6 Å². The van der Waals surface area contributed by atoms with Gasteiger partial charge in [0.1, 0.15) is 17.2 Å². The first-order chi connectivity index (χ1) is 13.0. The standard InChI is InChI=1S/C22H21NO4/c1-15(2)26-20-11-13-21(14-12-20)27-22(25)23-18-7-3-16(4-8-18)17-5-9-19(24)10-6-17/h3-15,24H,1-2H3,(H,23,25). The van der Waals surface area contributed by atoms with E-state index in [1.807, 2.05) is 38.1 Å². The highest BCUT2D eigenvalue weighted by Gasteiger charge is 2.06. The van der Waals surface area contributed by atoms with Crippen molar-refractivity contribution in [3.8, 4) is 28.4 Å². The Labute approximate surface area is 158 Å². The number of phenols is 1. The minimum Gasteiger partial charge on any atom is -0.508 e. The summed E-state index contributed by atoms with van der Waals surface area (Å²) in [6.45, 7) is 3.90. The Morgan fingerprint density at radius 3 is 1.89 bits per heavy atom. The molecule has 1 amide bonds. The van der Waals surface area contributed by atoms with Crippen molar-refractivity contribution in [3.05, 3.63) is 72.8 Å². The first-order valence-electron chi connectivity index (χ1n) is 8.64. The monoisotopic (exact) mass is 363 g/mol. The number of carbonyl (C=O) groups excluding carboxylic acids is 1. The molecule has 0 atom stereocenters. The van der Waals surface area contributed by atoms with Crippen LogP contribution >= 0.6 is 0 Å². The molecule has 3 rings (SSSR count). The zero-order valence-electron chi connectivity index (χ0n) is 15.2. The summed E-state index contributed by atoms with van der Waals surface area (Å²) in [5.74, 6) is 1.38. The summed E-state index contributed by atoms with van der Waals surface area (Å²) in [6, 6.07) is 21.2. The second kappa shape index (κ2) is 8.27. The maximum Gasteiger partial charge on any atom is 0.417 e. The van der Waals surface area contributed by atoms with Crippen LogP contribution in [0.25, 0.3) is 11.1 Å². The molecule has 5 nitrogen and oxygen atoms in total. The molecule has 0 aliphatic carbocycles. The molecular weight excluding hydrogens is 342 g/mol. The molecule has 3 aromatic rings. The van der Waals surface area contributed by atoms with Crippen molar-refractivity contribution >= 4 is 11.8 Å². The van der Waals surface area contributed by atoms with E-state index in [-0.39, 0.29) is 11.9 Å². The minimum atomic E-state index is -0.565. The fourth-order valence-electron chi connectivity index (χ4n) is 2.51. The summed E-state index contributed by atoms with van der Waals surface area (Å²) < 4.78 is 10.8. The Morgan fingerprint density at radius 2 is 1.33 bits per heavy atom. The van der Waals surface area contributed by atoms with Gasteiger partial charge in [0.05, 0.1) is 6.10 Å². The highest BCUT2D eigenvalue weighted by Crippen LogP contribution is 2.24. The zero-order valence-corrected chi connectivity index (χ0v) is 15.2. The van der Waals surface area contributed by atoms with Crippen molar-refractivity contribution in [1.82, 2.24) is 0 Å². The number of nitrogens with one attached hydrogen (secondary N) is 1. The van der Waals surface area contributed by atoms with Crippen LogP contribution in [0.5, 0.6) is 17.2 Å². The lowest BCUT2D eigenvalue weighted by Crippen LogP contribution is -2.16. The largest absolute Gasteiger partial charge is 0.508 e. The molecule has 0 bridgehead atoms. The molecule has 0 aliphatic rings. The van der Waals surface area contributed by atoms with Gasteiger partial charge in [0, 0.05) is 5.69 Å². The van der Waals surface area contributed by atoms with Crippen molar-refractivity contribution in [2.24, 2.45) is 0 Å². The second-order valence-electron chi connectivity index (χ2n) is 6.28. The highest BCUT2D eigenvalue weighted by atomic mass is 16.6. The van der Waals surface area contributed by atoms with Crippen molar-refractivity contribution in [3.63, 3.8) is 0 Å². The molecule has 0 aliphatic heterocycles. The predicted molar refractivity (Wildman–Crippen MR) is 105 cm³/mol. The number of hydrogen-bond donors (Lipinski definition) is 2. The average molecular weight is 363 g/mol. The van der Waals surface area contributed by atoms with E-state index in [2.05, 4.69) is 5.32 Å². The van der Waals surface area contributed by atoms with Crippen LogP contribution in [0.2, 0.25) is 0 Å². The SMILES string of the molecule is CC(C)Oc1ccc(OC(=O)Nc2ccc(-c3ccc(O)cc3)cc2)cc1. The predicted octanol–water partition coefficient (Wildman–Crippen LogP) is 5.46. The Bertz CT molecular complexity index is 885. The normalized spacial score (nSPS) is 10.5. The van der Waals surface area contributed by atoms with Gasteiger partial charge in [-0.2, -0.15) is 0 Å². The zero-order chi connectivity index (χ0) is 19.2. The number of amides is 1. The summed E-state index contributed by atoms with van der Waals surface area (Å²) in [6.07, 6.45) is -0.477. The Kier molecular flexibility index (Phi) is 5.61. The van der Waals surface area contributed by atoms with E-state index in [0.717, 1.165) is 16.9 Å². The Morgan fingerprint density at radius 1 is 0.815 bits per heavy atom. The van der Waals surface area contributed by atoms with Crippen molar-refractivity contribution in [2.75, 3.05) is 5.32 Å². The van der Waals surface area contributed by atoms with Crippen LogP contribution in [0.3, 0.4) is 0 Å². The number of ether oxygens (including phenoxy) is 2. The third kappa shape index (κ3) is 5.25. The number of phenolic OH excluding ortho intramolecular Hbond substituents is 1. The van der Waals surface area contributed by atoms with Gasteiger partial charge in [-0.3, -0.25) is 5.32 Å². The molecule has 27 heavy (non-hydrogen) atoms. The molecule has 0 saturated heterocycles. The molecule has 5 heteroatoms. The van der Waals surface area contributed by atoms with Crippen LogP contribution in [0.4, 0.5) is 10.5 Å². The molecule has 0 fully saturated rings. The highest BCUT2D eigenvalue weighted by molar-refractivity contribution is 5.86. The second-order valence-corrected chi connectivity index (χ2v) is 6.28. The fraction of sp³-hybridized carbons (Fsp3) is 0.136. The summed E-state index contributed by atoms with van der Waals surface area (Å²) in [5, 5.41) is 12.0. The quantitative estimate of drug-likeness (QED) is 0.632. The van der Waals surface area contributed by atoms with Gasteiger partial charge in [0.15, 0.2) is 0 Å². The van der Waals surface area contributed by atoms with E-state index in [1.165, 1.54) is 0 Å². The van der Waals surface area contributed by atoms with Crippen LogP contribution in [-0.4, -0.2) is 17.3 Å². The Balaban J connectivity index is 1.58. The average Bonchev–Trinajstić information content (AvgIpc) is 2.64. The number of aromatic hydroxyl groups is 1. The number of anilines is 1. The molecule has 0 radical (unpaired) electrons. The van der Waals surface area contributed by atoms with Gasteiger partial charge in [-0.05, 0) is 73.5 Å². The molecule has 0 saturated carbocycles. The van der Waals surface area contributed by atoms with Gasteiger partial charge in [0.2, 0.25) is 0 Å². The number of benzene rings is 3. The molecule has 0 aromatic heterocycles. The number of carbonyl (C=O) groups is 1. The smallest absolute Gasteiger partial charge is 0.417 e. The van der Waals surface area contributed by atoms with E-state index in [0.29, 0.717) is 11.4 Å². The van der Waals surface area contributed by atoms with E-state index < -0.39 is 6.09 Å². The summed E-state index contributed by atoms with van der Waals surface area (Å²) in [7, 11) is 0. The van der Waals surface area contributed by atoms with Crippen LogP contribution in [-0.2, 0) is 0 Å². The van der Waals surface area contributed by atoms with E-state index in [4.69, 9.17) is 9.47 Å². The number of rotatable bonds is 5. The first kappa shape index (κ1) is 18.3. The summed E-state index contributed by atoms with van der Waals surface area (Å²) >= 11 is 0. The molecule has 0 heterocycles. The molecular formula is C22H21NO4. The van der Waals surface area contributed by atoms with Crippen LogP contribution < -0.4 is 14.8 Å². The molecule has 2 N–H and O–H groups in total. The molecule has 0 unspecified atom stereocenters. The van der Waals surface area contributed by atoms with E-state index >= 15 is 0 Å². The van der Waals surface area contributed by atoms with E-state index in [1.54, 1.807) is 48.5 Å². The van der Waals surface area contributed by atoms with Gasteiger partial charge in [-0.15, -0.1) is 0 Å². The number of hydrogen-bond acceptors (Lipinski definition) is 4. The lowest BCUT2D eigenvalue weighted by atomic mass is 10.1. The van der Waals surface area contributed by atoms with Crippen molar-refractivity contribution in [2.45, 2.75) is 20.0 Å². The molecule has 0 spiro atoms. The van der Waals surface area contributed by atoms with Crippen LogP contribution in [0.1, 0.15) is 13.8 Å². The minimum absolute atomic E-state index is 0.0876. The first-order valence-corrected chi connectivity index (χ1v) is 8.64. The topological polar surface area (TPSA) is 67.8 Å². The summed E-state index contributed by atoms with van der Waals surface area (Å²) in [5.41, 5.74) is 2.59. The van der Waals surface area contributed by atoms with Crippen molar-refractivity contribution in [1.29, 1.82) is 0 Å². The summed E-state index contributed by atoms with van der Waals surface area (Å²) in [4.78, 5) is 12.0. The van der Waals surface area contributed by atoms with E-state index in [9.17, 15) is 9.90 Å². The maximum absolute atomic E-state index is 12.0. The van der Waals surface area contributed by atoms with Gasteiger partial charge in [0.25, 0.3) is 0 Å². The van der Waals surface area contributed by atoms with Gasteiger partial charge in [-0.25, -0.2) is 4.79 Å². The molecule has 3 aromatic carbocycles. The third-order valence-corrected chi connectivity index (χ3v) is 3.74. The van der Waals surface area contributed by atoms with Gasteiger partial charge in [-0.1, -0.05) is 24.3 Å². The van der Waals surface area contributed by atoms with Crippen molar-refractivity contribution < 1.29 is 19.4 Å². The molecule has 138 valence electrons. The van der Waals surface area contributed by atoms with Crippen LogP contribution in [0.15, 0.2) is 72.8 Å². The van der Waals surface area contributed by atoms with Gasteiger partial charge >= 0.3 is 6.09 Å².